The van der Waals surface area contributed by atoms with Gasteiger partial charge in [0.1, 0.15) is 11.5 Å². The Morgan fingerprint density at radius 3 is 2.86 bits per heavy atom. The summed E-state index contributed by atoms with van der Waals surface area (Å²) in [5.74, 6) is 1.41. The third-order valence-electron chi connectivity index (χ3n) is 5.78. The maximum absolute atomic E-state index is 12.7. The highest BCUT2D eigenvalue weighted by Crippen LogP contribution is 2.59. The number of carbonyl (C=O) groups excluding carboxylic acids is 1. The summed E-state index contributed by atoms with van der Waals surface area (Å²) >= 11 is 0. The number of hydrogen-bond donors (Lipinski definition) is 2. The molecular weight excluding hydrogens is 266 g/mol. The summed E-state index contributed by atoms with van der Waals surface area (Å²) in [4.78, 5) is 14.5. The first-order chi connectivity index (χ1) is 9.99. The molecule has 1 saturated heterocycles. The lowest BCUT2D eigenvalue weighted by molar-refractivity contribution is 0.0762. The summed E-state index contributed by atoms with van der Waals surface area (Å²) in [7, 11) is 0. The second-order valence-corrected chi connectivity index (χ2v) is 6.89. The highest BCUT2D eigenvalue weighted by Gasteiger charge is 2.58. The van der Waals surface area contributed by atoms with Gasteiger partial charge < -0.3 is 15.1 Å². The molecule has 0 radical (unpaired) electrons. The summed E-state index contributed by atoms with van der Waals surface area (Å²) in [5, 5.41) is 19.2. The molecule has 4 nitrogen and oxygen atoms in total. The molecule has 4 heteroatoms. The topological polar surface area (TPSA) is 60.8 Å². The SMILES string of the molecule is C[C@@]12CN(C(=O)c3ccc(O)cc3O)CC1[C@@H]1C=C[C@H]2C1. The number of phenols is 2. The van der Waals surface area contributed by atoms with Gasteiger partial charge in [-0.2, -0.15) is 0 Å². The van der Waals surface area contributed by atoms with Gasteiger partial charge in [0.25, 0.3) is 5.91 Å². The summed E-state index contributed by atoms with van der Waals surface area (Å²) in [6.45, 7) is 3.80. The van der Waals surface area contributed by atoms with E-state index in [0.29, 0.717) is 17.8 Å². The van der Waals surface area contributed by atoms with Crippen molar-refractivity contribution in [3.8, 4) is 11.5 Å². The third-order valence-corrected chi connectivity index (χ3v) is 5.78. The van der Waals surface area contributed by atoms with Crippen molar-refractivity contribution in [2.75, 3.05) is 13.1 Å². The van der Waals surface area contributed by atoms with Crippen molar-refractivity contribution in [3.05, 3.63) is 35.9 Å². The zero-order valence-electron chi connectivity index (χ0n) is 12.0. The van der Waals surface area contributed by atoms with Crippen LogP contribution in [0.25, 0.3) is 0 Å². The smallest absolute Gasteiger partial charge is 0.257 e. The van der Waals surface area contributed by atoms with E-state index in [0.717, 1.165) is 13.1 Å². The zero-order valence-corrected chi connectivity index (χ0v) is 12.0. The summed E-state index contributed by atoms with van der Waals surface area (Å²) in [6, 6.07) is 4.16. The second-order valence-electron chi connectivity index (χ2n) is 6.89. The van der Waals surface area contributed by atoms with Gasteiger partial charge in [0.05, 0.1) is 5.56 Å². The molecule has 2 bridgehead atoms. The highest BCUT2D eigenvalue weighted by molar-refractivity contribution is 5.97. The van der Waals surface area contributed by atoms with Crippen molar-refractivity contribution in [2.24, 2.45) is 23.2 Å². The van der Waals surface area contributed by atoms with Gasteiger partial charge in [-0.05, 0) is 41.7 Å². The highest BCUT2D eigenvalue weighted by atomic mass is 16.3. The van der Waals surface area contributed by atoms with Gasteiger partial charge in [-0.15, -0.1) is 0 Å². The number of carbonyl (C=O) groups is 1. The van der Waals surface area contributed by atoms with Crippen LogP contribution in [0.2, 0.25) is 0 Å². The van der Waals surface area contributed by atoms with Crippen molar-refractivity contribution >= 4 is 5.91 Å². The Hall–Kier alpha value is -1.97. The van der Waals surface area contributed by atoms with Crippen LogP contribution in [0.15, 0.2) is 30.4 Å². The molecule has 4 atom stereocenters. The lowest BCUT2D eigenvalue weighted by Crippen LogP contribution is -2.33. The molecule has 1 saturated carbocycles. The molecule has 110 valence electrons. The maximum Gasteiger partial charge on any atom is 0.257 e. The second kappa shape index (κ2) is 4.03. The van der Waals surface area contributed by atoms with E-state index in [4.69, 9.17) is 0 Å². The van der Waals surface area contributed by atoms with E-state index in [1.54, 1.807) is 0 Å². The number of amides is 1. The number of nitrogens with zero attached hydrogens (tertiary/aromatic N) is 1. The molecule has 0 aromatic heterocycles. The largest absolute Gasteiger partial charge is 0.508 e. The number of allylic oxidation sites excluding steroid dienone is 2. The molecule has 2 N–H and O–H groups in total. The Balaban J connectivity index is 1.61. The predicted octanol–water partition coefficient (Wildman–Crippen LogP) is 2.38. The van der Waals surface area contributed by atoms with Gasteiger partial charge in [-0.3, -0.25) is 4.79 Å². The number of fused-ring (bicyclic) bond motifs is 5. The molecule has 2 fully saturated rings. The Morgan fingerprint density at radius 2 is 2.14 bits per heavy atom. The van der Waals surface area contributed by atoms with Crippen molar-refractivity contribution < 1.29 is 15.0 Å². The first-order valence-corrected chi connectivity index (χ1v) is 7.48. The normalized spacial score (nSPS) is 36.2. The lowest BCUT2D eigenvalue weighted by atomic mass is 9.72. The fourth-order valence-corrected chi connectivity index (χ4v) is 4.60. The first-order valence-electron chi connectivity index (χ1n) is 7.48. The summed E-state index contributed by atoms with van der Waals surface area (Å²) in [5.41, 5.74) is 0.457. The minimum Gasteiger partial charge on any atom is -0.508 e. The fraction of sp³-hybridized carbons (Fsp3) is 0.471. The van der Waals surface area contributed by atoms with Gasteiger partial charge in [0, 0.05) is 19.2 Å². The molecule has 1 aliphatic heterocycles. The standard InChI is InChI=1S/C17H19NO3/c1-17-9-18(8-14(17)10-2-3-11(17)6-10)16(21)13-5-4-12(19)7-15(13)20/h2-5,7,10-11,14,19-20H,6,8-9H2,1H3/t10-,11+,14?,17+/m1/s1. The zero-order chi connectivity index (χ0) is 14.8. The van der Waals surface area contributed by atoms with Crippen molar-refractivity contribution in [3.63, 3.8) is 0 Å². The number of aromatic hydroxyl groups is 2. The van der Waals surface area contributed by atoms with Gasteiger partial charge in [0.15, 0.2) is 0 Å². The maximum atomic E-state index is 12.7. The monoisotopic (exact) mass is 285 g/mol. The van der Waals surface area contributed by atoms with Crippen LogP contribution in [-0.4, -0.2) is 34.1 Å². The predicted molar refractivity (Wildman–Crippen MR) is 78.0 cm³/mol. The molecule has 1 amide bonds. The Kier molecular flexibility index (Phi) is 2.44. The Labute approximate surface area is 123 Å². The van der Waals surface area contributed by atoms with E-state index in [1.807, 2.05) is 4.90 Å². The van der Waals surface area contributed by atoms with Crippen LogP contribution in [0.4, 0.5) is 0 Å². The molecule has 4 rings (SSSR count). The van der Waals surface area contributed by atoms with Crippen LogP contribution >= 0.6 is 0 Å². The van der Waals surface area contributed by atoms with Gasteiger partial charge >= 0.3 is 0 Å². The van der Waals surface area contributed by atoms with Crippen LogP contribution in [0.3, 0.4) is 0 Å². The lowest BCUT2D eigenvalue weighted by Gasteiger charge is -2.31. The van der Waals surface area contributed by atoms with Crippen LogP contribution in [0.5, 0.6) is 11.5 Å². The Morgan fingerprint density at radius 1 is 1.33 bits per heavy atom. The van der Waals surface area contributed by atoms with Crippen LogP contribution in [-0.2, 0) is 0 Å². The van der Waals surface area contributed by atoms with E-state index < -0.39 is 0 Å². The quantitative estimate of drug-likeness (QED) is 0.779. The van der Waals surface area contributed by atoms with Gasteiger partial charge in [-0.25, -0.2) is 0 Å². The van der Waals surface area contributed by atoms with Gasteiger partial charge in [-0.1, -0.05) is 19.1 Å². The molecule has 2 aliphatic carbocycles. The molecule has 1 heterocycles. The minimum absolute atomic E-state index is 0.0310. The average molecular weight is 285 g/mol. The van der Waals surface area contributed by atoms with E-state index in [9.17, 15) is 15.0 Å². The summed E-state index contributed by atoms with van der Waals surface area (Å²) in [6.07, 6.45) is 5.85. The van der Waals surface area contributed by atoms with Crippen LogP contribution in [0.1, 0.15) is 23.7 Å². The number of hydrogen-bond acceptors (Lipinski definition) is 3. The number of likely N-dealkylation sites (tertiary alicyclic amines) is 1. The number of rotatable bonds is 1. The minimum atomic E-state index is -0.150. The molecule has 21 heavy (non-hydrogen) atoms. The van der Waals surface area contributed by atoms with Crippen molar-refractivity contribution in [1.29, 1.82) is 0 Å². The van der Waals surface area contributed by atoms with Crippen molar-refractivity contribution in [2.45, 2.75) is 13.3 Å². The first kappa shape index (κ1) is 12.7. The molecule has 1 aromatic rings. The Bertz CT molecular complexity index is 653. The van der Waals surface area contributed by atoms with Crippen LogP contribution in [0, 0.1) is 23.2 Å². The van der Waals surface area contributed by atoms with Crippen LogP contribution < -0.4 is 0 Å². The number of phenolic OH excluding ortho intramolecular Hbond substituents is 2. The van der Waals surface area contributed by atoms with E-state index in [-0.39, 0.29) is 28.4 Å². The summed E-state index contributed by atoms with van der Waals surface area (Å²) < 4.78 is 0. The van der Waals surface area contributed by atoms with E-state index in [2.05, 4.69) is 19.1 Å². The molecule has 0 spiro atoms. The molecule has 3 aliphatic rings. The number of benzene rings is 1. The average Bonchev–Trinajstić information content (AvgIpc) is 3.08. The molecule has 1 aromatic carbocycles. The van der Waals surface area contributed by atoms with E-state index >= 15 is 0 Å². The van der Waals surface area contributed by atoms with E-state index in [1.165, 1.54) is 24.6 Å². The third kappa shape index (κ3) is 1.65. The van der Waals surface area contributed by atoms with Crippen molar-refractivity contribution in [1.82, 2.24) is 4.90 Å². The fourth-order valence-electron chi connectivity index (χ4n) is 4.60. The van der Waals surface area contributed by atoms with Gasteiger partial charge in [0.2, 0.25) is 0 Å². The molecule has 1 unspecified atom stereocenters. The molecular formula is C17H19NO3.